The summed E-state index contributed by atoms with van der Waals surface area (Å²) in [6, 6.07) is 15.3. The third-order valence-corrected chi connectivity index (χ3v) is 6.17. The van der Waals surface area contributed by atoms with E-state index < -0.39 is 0 Å². The third-order valence-electron chi connectivity index (χ3n) is 6.17. The maximum Gasteiger partial charge on any atom is 0.321 e. The molecule has 3 amide bonds. The summed E-state index contributed by atoms with van der Waals surface area (Å²) in [5.74, 6) is 0.973. The average molecular weight is 416 g/mol. The van der Waals surface area contributed by atoms with E-state index in [9.17, 15) is 9.59 Å². The Bertz CT molecular complexity index is 1040. The molecule has 7 heteroatoms. The maximum absolute atomic E-state index is 12.5. The van der Waals surface area contributed by atoms with E-state index in [-0.39, 0.29) is 11.9 Å². The molecule has 7 nitrogen and oxygen atoms in total. The van der Waals surface area contributed by atoms with Gasteiger partial charge in [0.1, 0.15) is 0 Å². The number of aromatic nitrogens is 1. The highest BCUT2D eigenvalue weighted by atomic mass is 16.3. The number of anilines is 1. The van der Waals surface area contributed by atoms with Crippen LogP contribution in [0.15, 0.2) is 71.6 Å². The van der Waals surface area contributed by atoms with E-state index in [0.717, 1.165) is 18.7 Å². The van der Waals surface area contributed by atoms with Crippen molar-refractivity contribution in [1.82, 2.24) is 14.8 Å². The number of likely N-dealkylation sites (tertiary alicyclic amines) is 2. The van der Waals surface area contributed by atoms with Crippen LogP contribution < -0.4 is 5.32 Å². The quantitative estimate of drug-likeness (QED) is 0.699. The number of nitrogens with one attached hydrogen (secondary N) is 1. The first-order chi connectivity index (χ1) is 15.2. The number of carbonyl (C=O) groups is 2. The number of rotatable bonds is 4. The van der Waals surface area contributed by atoms with Gasteiger partial charge in [-0.15, -0.1) is 0 Å². The summed E-state index contributed by atoms with van der Waals surface area (Å²) in [7, 11) is 0. The molecular weight excluding hydrogens is 392 g/mol. The number of amides is 3. The van der Waals surface area contributed by atoms with E-state index in [1.807, 2.05) is 41.4 Å². The number of pyridine rings is 1. The standard InChI is InChI=1S/C24H24N4O3/c29-23(22-4-2-12-31-22)27-11-9-19(14-27)17-5-7-21(8-6-17)26-24(30)28-15-20(16-28)18-3-1-10-25-13-18/h1-8,10,12-13,19-20H,9,11,14-16H2,(H,26,30). The summed E-state index contributed by atoms with van der Waals surface area (Å²) in [6.45, 7) is 2.80. The highest BCUT2D eigenvalue weighted by molar-refractivity contribution is 5.92. The smallest absolute Gasteiger partial charge is 0.321 e. The van der Waals surface area contributed by atoms with Crippen molar-refractivity contribution in [2.24, 2.45) is 0 Å². The lowest BCUT2D eigenvalue weighted by Crippen LogP contribution is -2.50. The lowest BCUT2D eigenvalue weighted by atomic mass is 9.93. The second-order valence-electron chi connectivity index (χ2n) is 8.15. The summed E-state index contributed by atoms with van der Waals surface area (Å²) in [6.07, 6.45) is 6.07. The van der Waals surface area contributed by atoms with E-state index in [2.05, 4.69) is 16.4 Å². The summed E-state index contributed by atoms with van der Waals surface area (Å²) in [4.78, 5) is 32.7. The summed E-state index contributed by atoms with van der Waals surface area (Å²) < 4.78 is 5.23. The van der Waals surface area contributed by atoms with Crippen LogP contribution >= 0.6 is 0 Å². The van der Waals surface area contributed by atoms with Crippen LogP contribution in [0.25, 0.3) is 0 Å². The van der Waals surface area contributed by atoms with Crippen LogP contribution in [0.4, 0.5) is 10.5 Å². The Kier molecular flexibility index (Phi) is 5.16. The minimum atomic E-state index is -0.0797. The highest BCUT2D eigenvalue weighted by Gasteiger charge is 2.32. The first-order valence-corrected chi connectivity index (χ1v) is 10.6. The van der Waals surface area contributed by atoms with E-state index >= 15 is 0 Å². The summed E-state index contributed by atoms with van der Waals surface area (Å²) >= 11 is 0. The van der Waals surface area contributed by atoms with Gasteiger partial charge < -0.3 is 19.5 Å². The maximum atomic E-state index is 12.5. The molecule has 31 heavy (non-hydrogen) atoms. The van der Waals surface area contributed by atoms with Crippen LogP contribution in [0.2, 0.25) is 0 Å². The fourth-order valence-corrected chi connectivity index (χ4v) is 4.29. The van der Waals surface area contributed by atoms with Crippen molar-refractivity contribution in [3.8, 4) is 0 Å². The van der Waals surface area contributed by atoms with Gasteiger partial charge >= 0.3 is 6.03 Å². The van der Waals surface area contributed by atoms with Gasteiger partial charge in [0.15, 0.2) is 5.76 Å². The number of benzene rings is 1. The minimum Gasteiger partial charge on any atom is -0.459 e. The SMILES string of the molecule is O=C(Nc1ccc(C2CCN(C(=O)c3ccco3)C2)cc1)N1CC(c2cccnc2)C1. The molecule has 2 aliphatic heterocycles. The largest absolute Gasteiger partial charge is 0.459 e. The Balaban J connectivity index is 1.13. The van der Waals surface area contributed by atoms with Gasteiger partial charge in [-0.3, -0.25) is 9.78 Å². The first kappa shape index (κ1) is 19.4. The number of nitrogens with zero attached hydrogens (tertiary/aromatic N) is 3. The molecular formula is C24H24N4O3. The Morgan fingerprint density at radius 3 is 2.45 bits per heavy atom. The Morgan fingerprint density at radius 2 is 1.74 bits per heavy atom. The summed E-state index contributed by atoms with van der Waals surface area (Å²) in [5, 5.41) is 2.97. The van der Waals surface area contributed by atoms with Crippen LogP contribution in [0.5, 0.6) is 0 Å². The zero-order valence-corrected chi connectivity index (χ0v) is 17.1. The molecule has 0 radical (unpaired) electrons. The fraction of sp³-hybridized carbons (Fsp3) is 0.292. The Hall–Kier alpha value is -3.61. The third kappa shape index (κ3) is 4.03. The molecule has 1 unspecified atom stereocenters. The van der Waals surface area contributed by atoms with Gasteiger partial charge in [0, 0.05) is 56.1 Å². The molecule has 3 aromatic rings. The van der Waals surface area contributed by atoms with Gasteiger partial charge in [0.2, 0.25) is 0 Å². The predicted octanol–water partition coefficient (Wildman–Crippen LogP) is 3.94. The second kappa shape index (κ2) is 8.26. The Morgan fingerprint density at radius 1 is 0.935 bits per heavy atom. The van der Waals surface area contributed by atoms with Crippen molar-refractivity contribution < 1.29 is 14.0 Å². The highest BCUT2D eigenvalue weighted by Crippen LogP contribution is 2.30. The van der Waals surface area contributed by atoms with Crippen LogP contribution in [-0.4, -0.2) is 52.9 Å². The fourth-order valence-electron chi connectivity index (χ4n) is 4.29. The van der Waals surface area contributed by atoms with Crippen LogP contribution in [0, 0.1) is 0 Å². The van der Waals surface area contributed by atoms with Crippen LogP contribution in [0.1, 0.15) is 39.9 Å². The molecule has 1 atom stereocenters. The van der Waals surface area contributed by atoms with Crippen molar-refractivity contribution in [3.05, 3.63) is 84.1 Å². The molecule has 158 valence electrons. The minimum absolute atomic E-state index is 0.0597. The van der Waals surface area contributed by atoms with Gasteiger partial charge in [-0.1, -0.05) is 18.2 Å². The molecule has 2 aromatic heterocycles. The lowest BCUT2D eigenvalue weighted by Gasteiger charge is -2.39. The average Bonchev–Trinajstić information content (AvgIpc) is 3.46. The second-order valence-corrected chi connectivity index (χ2v) is 8.15. The molecule has 2 aliphatic rings. The molecule has 1 aromatic carbocycles. The lowest BCUT2D eigenvalue weighted by molar-refractivity contribution is 0.0759. The number of hydrogen-bond donors (Lipinski definition) is 1. The van der Waals surface area contributed by atoms with Gasteiger partial charge in [-0.05, 0) is 47.9 Å². The predicted molar refractivity (Wildman–Crippen MR) is 116 cm³/mol. The normalized spacial score (nSPS) is 18.6. The van der Waals surface area contributed by atoms with E-state index in [0.29, 0.717) is 37.2 Å². The number of hydrogen-bond acceptors (Lipinski definition) is 4. The molecule has 0 spiro atoms. The molecule has 2 fully saturated rings. The zero-order valence-electron chi connectivity index (χ0n) is 17.1. The van der Waals surface area contributed by atoms with Crippen molar-refractivity contribution >= 4 is 17.6 Å². The van der Waals surface area contributed by atoms with Gasteiger partial charge in [-0.2, -0.15) is 0 Å². The molecule has 0 saturated carbocycles. The molecule has 0 bridgehead atoms. The monoisotopic (exact) mass is 416 g/mol. The van der Waals surface area contributed by atoms with Crippen molar-refractivity contribution in [1.29, 1.82) is 0 Å². The topological polar surface area (TPSA) is 78.7 Å². The first-order valence-electron chi connectivity index (χ1n) is 10.6. The Labute approximate surface area is 180 Å². The van der Waals surface area contributed by atoms with Crippen LogP contribution in [0.3, 0.4) is 0 Å². The molecule has 1 N–H and O–H groups in total. The van der Waals surface area contributed by atoms with E-state index in [1.165, 1.54) is 17.4 Å². The molecule has 4 heterocycles. The number of urea groups is 1. The summed E-state index contributed by atoms with van der Waals surface area (Å²) in [5.41, 5.74) is 3.13. The van der Waals surface area contributed by atoms with E-state index in [1.54, 1.807) is 23.2 Å². The number of carbonyl (C=O) groups excluding carboxylic acids is 2. The molecule has 0 aliphatic carbocycles. The van der Waals surface area contributed by atoms with Gasteiger partial charge in [0.05, 0.1) is 6.26 Å². The van der Waals surface area contributed by atoms with Crippen LogP contribution in [-0.2, 0) is 0 Å². The van der Waals surface area contributed by atoms with Gasteiger partial charge in [0.25, 0.3) is 5.91 Å². The number of furan rings is 1. The molecule has 5 rings (SSSR count). The zero-order chi connectivity index (χ0) is 21.2. The van der Waals surface area contributed by atoms with Crippen molar-refractivity contribution in [2.45, 2.75) is 18.3 Å². The van der Waals surface area contributed by atoms with Gasteiger partial charge in [-0.25, -0.2) is 4.79 Å². The van der Waals surface area contributed by atoms with E-state index in [4.69, 9.17) is 4.42 Å². The van der Waals surface area contributed by atoms with Crippen molar-refractivity contribution in [2.75, 3.05) is 31.5 Å². The molecule has 2 saturated heterocycles. The van der Waals surface area contributed by atoms with Crippen molar-refractivity contribution in [3.63, 3.8) is 0 Å².